The quantitative estimate of drug-likeness (QED) is 0.126. The summed E-state index contributed by atoms with van der Waals surface area (Å²) in [6.07, 6.45) is 33.5. The van der Waals surface area contributed by atoms with Gasteiger partial charge in [0.1, 0.15) is 0 Å². The molecule has 0 N–H and O–H groups in total. The van der Waals surface area contributed by atoms with Crippen LogP contribution >= 0.6 is 0 Å². The third-order valence-electron chi connectivity index (χ3n) is 5.53. The zero-order valence-corrected chi connectivity index (χ0v) is 19.1. The molecule has 0 aromatic heterocycles. The first-order valence-electron chi connectivity index (χ1n) is 12.7. The van der Waals surface area contributed by atoms with Crippen molar-refractivity contribution < 1.29 is 4.74 Å². The number of rotatable bonds is 23. The van der Waals surface area contributed by atoms with Crippen LogP contribution in [0.4, 0.5) is 0 Å². The van der Waals surface area contributed by atoms with E-state index in [9.17, 15) is 0 Å². The highest BCUT2D eigenvalue weighted by molar-refractivity contribution is 4.73. The zero-order valence-electron chi connectivity index (χ0n) is 19.1. The smallest absolute Gasteiger partial charge is 0.0873 e. The molecule has 0 aromatic rings. The Hall–Kier alpha value is -0.460. The molecule has 0 bridgehead atoms. The highest BCUT2D eigenvalue weighted by Crippen LogP contribution is 2.13. The van der Waals surface area contributed by atoms with E-state index in [-0.39, 0.29) is 0 Å². The van der Waals surface area contributed by atoms with Crippen molar-refractivity contribution in [2.75, 3.05) is 6.61 Å². The van der Waals surface area contributed by atoms with Crippen LogP contribution in [0.5, 0.6) is 0 Å². The summed E-state index contributed by atoms with van der Waals surface area (Å²) >= 11 is 0. The molecule has 0 unspecified atom stereocenters. The molecule has 0 amide bonds. The maximum absolute atomic E-state index is 5.58. The van der Waals surface area contributed by atoms with E-state index in [1.165, 1.54) is 135 Å². The van der Waals surface area contributed by atoms with Gasteiger partial charge in [0.05, 0.1) is 12.9 Å². The summed E-state index contributed by atoms with van der Waals surface area (Å²) in [5.74, 6) is 0. The van der Waals surface area contributed by atoms with Gasteiger partial charge in [0.2, 0.25) is 0 Å². The maximum Gasteiger partial charge on any atom is 0.0873 e. The van der Waals surface area contributed by atoms with Crippen molar-refractivity contribution in [1.29, 1.82) is 0 Å². The summed E-state index contributed by atoms with van der Waals surface area (Å²) in [7, 11) is 0. The van der Waals surface area contributed by atoms with E-state index in [2.05, 4.69) is 19.9 Å². The molecular weight excluding hydrogens is 328 g/mol. The van der Waals surface area contributed by atoms with Crippen LogP contribution in [0, 0.1) is 0 Å². The molecule has 0 atom stereocenters. The standard InChI is InChI=1S/C26H52O/c1-3-5-7-9-11-12-13-14-15-16-17-18-19-20-22-24-26-27-25-23-21-10-8-6-4-2/h23,25H,3-22,24,26H2,1-2H3. The lowest BCUT2D eigenvalue weighted by atomic mass is 10.0. The fraction of sp³-hybridized carbons (Fsp3) is 0.923. The predicted molar refractivity (Wildman–Crippen MR) is 123 cm³/mol. The number of hydrogen-bond donors (Lipinski definition) is 0. The second-order valence-corrected chi connectivity index (χ2v) is 8.40. The molecule has 0 saturated heterocycles. The van der Waals surface area contributed by atoms with Crippen molar-refractivity contribution in [2.45, 2.75) is 149 Å². The predicted octanol–water partition coefficient (Wildman–Crippen LogP) is 9.75. The van der Waals surface area contributed by atoms with E-state index < -0.39 is 0 Å². The van der Waals surface area contributed by atoms with Crippen molar-refractivity contribution in [3.8, 4) is 0 Å². The van der Waals surface area contributed by atoms with Crippen molar-refractivity contribution in [3.05, 3.63) is 12.3 Å². The molecule has 0 heterocycles. The summed E-state index contributed by atoms with van der Waals surface area (Å²) in [5, 5.41) is 0. The van der Waals surface area contributed by atoms with Gasteiger partial charge in [0.25, 0.3) is 0 Å². The molecule has 1 nitrogen and oxygen atoms in total. The minimum atomic E-state index is 0.907. The van der Waals surface area contributed by atoms with Gasteiger partial charge in [0.15, 0.2) is 0 Å². The number of ether oxygens (including phenoxy) is 1. The van der Waals surface area contributed by atoms with E-state index in [1.807, 2.05) is 6.26 Å². The number of unbranched alkanes of at least 4 members (excludes halogenated alkanes) is 19. The molecule has 27 heavy (non-hydrogen) atoms. The lowest BCUT2D eigenvalue weighted by Crippen LogP contribution is -1.88. The third-order valence-corrected chi connectivity index (χ3v) is 5.53. The first-order chi connectivity index (χ1) is 13.4. The van der Waals surface area contributed by atoms with E-state index in [0.717, 1.165) is 6.61 Å². The van der Waals surface area contributed by atoms with Gasteiger partial charge in [0, 0.05) is 0 Å². The Morgan fingerprint density at radius 3 is 1.26 bits per heavy atom. The second-order valence-electron chi connectivity index (χ2n) is 8.40. The highest BCUT2D eigenvalue weighted by atomic mass is 16.5. The minimum absolute atomic E-state index is 0.907. The molecule has 1 heteroatoms. The normalized spacial score (nSPS) is 11.5. The molecule has 0 aromatic carbocycles. The molecule has 0 aliphatic heterocycles. The Morgan fingerprint density at radius 1 is 0.444 bits per heavy atom. The molecule has 0 rings (SSSR count). The molecule has 0 fully saturated rings. The lowest BCUT2D eigenvalue weighted by Gasteiger charge is -2.04. The fourth-order valence-corrected chi connectivity index (χ4v) is 3.63. The summed E-state index contributed by atoms with van der Waals surface area (Å²) in [6.45, 7) is 5.46. The Bertz CT molecular complexity index is 271. The summed E-state index contributed by atoms with van der Waals surface area (Å²) in [6, 6.07) is 0. The second kappa shape index (κ2) is 25.5. The Labute approximate surface area is 172 Å². The fourth-order valence-electron chi connectivity index (χ4n) is 3.63. The SMILES string of the molecule is CCCCCCC=COCCCCCCCCCCCCCCCCCC. The van der Waals surface area contributed by atoms with Gasteiger partial charge in [-0.15, -0.1) is 0 Å². The first-order valence-corrected chi connectivity index (χ1v) is 12.7. The van der Waals surface area contributed by atoms with Crippen LogP contribution in [-0.4, -0.2) is 6.61 Å². The lowest BCUT2D eigenvalue weighted by molar-refractivity contribution is 0.239. The van der Waals surface area contributed by atoms with Gasteiger partial charge < -0.3 is 4.74 Å². The van der Waals surface area contributed by atoms with Crippen molar-refractivity contribution >= 4 is 0 Å². The molecule has 0 saturated carbocycles. The topological polar surface area (TPSA) is 9.23 Å². The average Bonchev–Trinajstić information content (AvgIpc) is 2.68. The van der Waals surface area contributed by atoms with E-state index in [4.69, 9.17) is 4.74 Å². The molecule has 0 spiro atoms. The van der Waals surface area contributed by atoms with Crippen LogP contribution in [0.2, 0.25) is 0 Å². The van der Waals surface area contributed by atoms with Gasteiger partial charge in [-0.25, -0.2) is 0 Å². The van der Waals surface area contributed by atoms with Gasteiger partial charge in [-0.05, 0) is 25.3 Å². The Kier molecular flexibility index (Phi) is 25.1. The van der Waals surface area contributed by atoms with Gasteiger partial charge in [-0.3, -0.25) is 0 Å². The molecule has 0 aliphatic carbocycles. The monoisotopic (exact) mass is 380 g/mol. The van der Waals surface area contributed by atoms with E-state index in [1.54, 1.807) is 0 Å². The number of hydrogen-bond acceptors (Lipinski definition) is 1. The van der Waals surface area contributed by atoms with Crippen LogP contribution in [-0.2, 0) is 4.74 Å². The average molecular weight is 381 g/mol. The van der Waals surface area contributed by atoms with Crippen LogP contribution in [0.3, 0.4) is 0 Å². The molecule has 0 aliphatic rings. The van der Waals surface area contributed by atoms with Crippen molar-refractivity contribution in [1.82, 2.24) is 0 Å². The largest absolute Gasteiger partial charge is 0.502 e. The van der Waals surface area contributed by atoms with Crippen LogP contribution in [0.15, 0.2) is 12.3 Å². The first kappa shape index (κ1) is 26.5. The molecule has 162 valence electrons. The van der Waals surface area contributed by atoms with Gasteiger partial charge >= 0.3 is 0 Å². The zero-order chi connectivity index (χ0) is 19.7. The van der Waals surface area contributed by atoms with Gasteiger partial charge in [-0.1, -0.05) is 129 Å². The maximum atomic E-state index is 5.58. The summed E-state index contributed by atoms with van der Waals surface area (Å²) < 4.78 is 5.58. The van der Waals surface area contributed by atoms with Crippen molar-refractivity contribution in [2.24, 2.45) is 0 Å². The Morgan fingerprint density at radius 2 is 0.815 bits per heavy atom. The van der Waals surface area contributed by atoms with E-state index in [0.29, 0.717) is 0 Å². The number of allylic oxidation sites excluding steroid dienone is 1. The Balaban J connectivity index is 3.02. The third kappa shape index (κ3) is 25.5. The van der Waals surface area contributed by atoms with Crippen LogP contribution in [0.1, 0.15) is 149 Å². The highest BCUT2D eigenvalue weighted by Gasteiger charge is 1.94. The summed E-state index contributed by atoms with van der Waals surface area (Å²) in [4.78, 5) is 0. The molecule has 0 radical (unpaired) electrons. The minimum Gasteiger partial charge on any atom is -0.502 e. The van der Waals surface area contributed by atoms with E-state index >= 15 is 0 Å². The summed E-state index contributed by atoms with van der Waals surface area (Å²) in [5.41, 5.74) is 0. The van der Waals surface area contributed by atoms with Crippen LogP contribution < -0.4 is 0 Å². The van der Waals surface area contributed by atoms with Crippen LogP contribution in [0.25, 0.3) is 0 Å². The van der Waals surface area contributed by atoms with Crippen molar-refractivity contribution in [3.63, 3.8) is 0 Å². The van der Waals surface area contributed by atoms with Gasteiger partial charge in [-0.2, -0.15) is 0 Å². The molecular formula is C26H52O.